The molecule has 1 aliphatic heterocycles. The zero-order chi connectivity index (χ0) is 13.2. The lowest BCUT2D eigenvalue weighted by Gasteiger charge is -2.38. The van der Waals surface area contributed by atoms with Crippen molar-refractivity contribution in [2.24, 2.45) is 5.73 Å². The zero-order valence-electron chi connectivity index (χ0n) is 11.1. The summed E-state index contributed by atoms with van der Waals surface area (Å²) in [6.45, 7) is 3.64. The number of ether oxygens (including phenoxy) is 1. The average Bonchev–Trinajstić information content (AvgIpc) is 2.38. The highest BCUT2D eigenvalue weighted by atomic mass is 16.5. The summed E-state index contributed by atoms with van der Waals surface area (Å²) in [7, 11) is 1.65. The number of methoxy groups -OCH3 is 1. The second kappa shape index (κ2) is 5.26. The van der Waals surface area contributed by atoms with Gasteiger partial charge >= 0.3 is 0 Å². The van der Waals surface area contributed by atoms with Crippen molar-refractivity contribution in [1.29, 1.82) is 0 Å². The average molecular weight is 250 g/mol. The molecule has 0 radical (unpaired) electrons. The van der Waals surface area contributed by atoms with Crippen LogP contribution in [0.5, 0.6) is 5.75 Å². The molecule has 18 heavy (non-hydrogen) atoms. The Morgan fingerprint density at radius 3 is 2.61 bits per heavy atom. The molecule has 0 aliphatic carbocycles. The van der Waals surface area contributed by atoms with E-state index >= 15 is 0 Å². The molecule has 0 aromatic heterocycles. The predicted octanol–water partition coefficient (Wildman–Crippen LogP) is 1.12. The Morgan fingerprint density at radius 1 is 1.39 bits per heavy atom. The summed E-state index contributed by atoms with van der Waals surface area (Å²) in [6, 6.07) is 5.47. The molecular formula is C14H22N2O2. The van der Waals surface area contributed by atoms with Crippen LogP contribution in [0.15, 0.2) is 18.2 Å². The van der Waals surface area contributed by atoms with Crippen LogP contribution in [0.1, 0.15) is 30.0 Å². The highest BCUT2D eigenvalue weighted by Gasteiger charge is 2.37. The monoisotopic (exact) mass is 250 g/mol. The van der Waals surface area contributed by atoms with Gasteiger partial charge in [0, 0.05) is 0 Å². The van der Waals surface area contributed by atoms with Gasteiger partial charge in [0.2, 0.25) is 0 Å². The lowest BCUT2D eigenvalue weighted by atomic mass is 9.80. The standard InChI is InChI=1S/C14H22N2O2/c1-10-9-11(18-2)3-4-12(10)13(15)14(17)5-7-16-8-6-14/h3-4,9,13,16-17H,5-8,15H2,1-2H3. The molecule has 0 saturated carbocycles. The SMILES string of the molecule is COc1ccc(C(N)C2(O)CCNCC2)c(C)c1. The van der Waals surface area contributed by atoms with Crippen LogP contribution in [-0.4, -0.2) is 30.9 Å². The molecule has 1 aromatic rings. The number of aliphatic hydroxyl groups is 1. The van der Waals surface area contributed by atoms with Crippen LogP contribution >= 0.6 is 0 Å². The molecule has 2 rings (SSSR count). The number of nitrogens with two attached hydrogens (primary N) is 1. The number of aryl methyl sites for hydroxylation is 1. The van der Waals surface area contributed by atoms with Crippen LogP contribution in [0.3, 0.4) is 0 Å². The van der Waals surface area contributed by atoms with E-state index in [4.69, 9.17) is 10.5 Å². The van der Waals surface area contributed by atoms with Crippen molar-refractivity contribution in [2.45, 2.75) is 31.4 Å². The summed E-state index contributed by atoms with van der Waals surface area (Å²) in [6.07, 6.45) is 1.39. The van der Waals surface area contributed by atoms with E-state index in [1.165, 1.54) is 0 Å². The van der Waals surface area contributed by atoms with Crippen LogP contribution in [0.4, 0.5) is 0 Å². The second-order valence-electron chi connectivity index (χ2n) is 5.05. The molecule has 1 aliphatic rings. The van der Waals surface area contributed by atoms with Gasteiger partial charge in [0.15, 0.2) is 0 Å². The number of benzene rings is 1. The van der Waals surface area contributed by atoms with Crippen LogP contribution in [0.2, 0.25) is 0 Å². The normalized spacial score (nSPS) is 20.4. The van der Waals surface area contributed by atoms with Gasteiger partial charge in [-0.15, -0.1) is 0 Å². The molecule has 100 valence electrons. The van der Waals surface area contributed by atoms with E-state index in [-0.39, 0.29) is 6.04 Å². The third-order valence-electron chi connectivity index (χ3n) is 3.86. The Balaban J connectivity index is 2.24. The zero-order valence-corrected chi connectivity index (χ0v) is 11.1. The summed E-state index contributed by atoms with van der Waals surface area (Å²) in [5, 5.41) is 13.9. The van der Waals surface area contributed by atoms with Gasteiger partial charge in [0.05, 0.1) is 18.8 Å². The fourth-order valence-corrected chi connectivity index (χ4v) is 2.58. The molecule has 1 saturated heterocycles. The predicted molar refractivity (Wildman–Crippen MR) is 71.7 cm³/mol. The van der Waals surface area contributed by atoms with Crippen molar-refractivity contribution in [3.8, 4) is 5.75 Å². The summed E-state index contributed by atoms with van der Waals surface area (Å²) < 4.78 is 5.19. The minimum Gasteiger partial charge on any atom is -0.497 e. The quantitative estimate of drug-likeness (QED) is 0.752. The highest BCUT2D eigenvalue weighted by Crippen LogP contribution is 2.33. The van der Waals surface area contributed by atoms with Crippen molar-refractivity contribution in [3.05, 3.63) is 29.3 Å². The summed E-state index contributed by atoms with van der Waals surface area (Å²) in [4.78, 5) is 0. The van der Waals surface area contributed by atoms with E-state index in [1.54, 1.807) is 7.11 Å². The van der Waals surface area contributed by atoms with E-state index in [2.05, 4.69) is 5.32 Å². The van der Waals surface area contributed by atoms with E-state index in [0.29, 0.717) is 12.8 Å². The van der Waals surface area contributed by atoms with Gasteiger partial charge in [-0.3, -0.25) is 0 Å². The first kappa shape index (κ1) is 13.3. The van der Waals surface area contributed by atoms with Gasteiger partial charge in [0.1, 0.15) is 5.75 Å². The fraction of sp³-hybridized carbons (Fsp3) is 0.571. The molecular weight excluding hydrogens is 228 g/mol. The third-order valence-corrected chi connectivity index (χ3v) is 3.86. The van der Waals surface area contributed by atoms with Gasteiger partial charge in [-0.05, 0) is 56.1 Å². The number of rotatable bonds is 3. The van der Waals surface area contributed by atoms with E-state index in [0.717, 1.165) is 30.0 Å². The van der Waals surface area contributed by atoms with Gasteiger partial charge in [-0.25, -0.2) is 0 Å². The largest absolute Gasteiger partial charge is 0.497 e. The molecule has 4 nitrogen and oxygen atoms in total. The van der Waals surface area contributed by atoms with Gasteiger partial charge in [-0.1, -0.05) is 6.07 Å². The van der Waals surface area contributed by atoms with E-state index < -0.39 is 5.60 Å². The number of nitrogens with one attached hydrogen (secondary N) is 1. The van der Waals surface area contributed by atoms with Crippen LogP contribution in [-0.2, 0) is 0 Å². The van der Waals surface area contributed by atoms with Gasteiger partial charge in [0.25, 0.3) is 0 Å². The van der Waals surface area contributed by atoms with Crippen molar-refractivity contribution in [1.82, 2.24) is 5.32 Å². The lowest BCUT2D eigenvalue weighted by molar-refractivity contribution is -0.0144. The van der Waals surface area contributed by atoms with Gasteiger partial charge in [-0.2, -0.15) is 0 Å². The Kier molecular flexibility index (Phi) is 3.90. The first-order valence-electron chi connectivity index (χ1n) is 6.40. The second-order valence-corrected chi connectivity index (χ2v) is 5.05. The highest BCUT2D eigenvalue weighted by molar-refractivity contribution is 5.37. The molecule has 0 amide bonds. The van der Waals surface area contributed by atoms with Crippen molar-refractivity contribution < 1.29 is 9.84 Å². The first-order valence-corrected chi connectivity index (χ1v) is 6.40. The van der Waals surface area contributed by atoms with E-state index in [1.807, 2.05) is 25.1 Å². The number of piperidine rings is 1. The summed E-state index contributed by atoms with van der Waals surface area (Å²) in [5.74, 6) is 0.820. The minimum absolute atomic E-state index is 0.342. The van der Waals surface area contributed by atoms with Crippen LogP contribution < -0.4 is 15.8 Å². The molecule has 1 aromatic carbocycles. The Labute approximate surface area is 108 Å². The molecule has 0 spiro atoms. The Bertz CT molecular complexity index is 414. The maximum atomic E-state index is 10.6. The molecule has 1 fully saturated rings. The summed E-state index contributed by atoms with van der Waals surface area (Å²) >= 11 is 0. The van der Waals surface area contributed by atoms with Crippen molar-refractivity contribution in [2.75, 3.05) is 20.2 Å². The molecule has 4 N–H and O–H groups in total. The van der Waals surface area contributed by atoms with Crippen molar-refractivity contribution >= 4 is 0 Å². The number of hydrogen-bond donors (Lipinski definition) is 3. The van der Waals surface area contributed by atoms with Crippen LogP contribution in [0, 0.1) is 6.92 Å². The number of hydrogen-bond acceptors (Lipinski definition) is 4. The Morgan fingerprint density at radius 2 is 2.06 bits per heavy atom. The van der Waals surface area contributed by atoms with E-state index in [9.17, 15) is 5.11 Å². The van der Waals surface area contributed by atoms with Crippen molar-refractivity contribution in [3.63, 3.8) is 0 Å². The third kappa shape index (κ3) is 2.51. The fourth-order valence-electron chi connectivity index (χ4n) is 2.58. The van der Waals surface area contributed by atoms with Crippen LogP contribution in [0.25, 0.3) is 0 Å². The molecule has 0 bridgehead atoms. The molecule has 1 atom stereocenters. The van der Waals surface area contributed by atoms with Gasteiger partial charge < -0.3 is 20.9 Å². The summed E-state index contributed by atoms with van der Waals surface area (Å²) in [5.41, 5.74) is 7.54. The topological polar surface area (TPSA) is 67.5 Å². The smallest absolute Gasteiger partial charge is 0.119 e. The lowest BCUT2D eigenvalue weighted by Crippen LogP contribution is -2.49. The maximum Gasteiger partial charge on any atom is 0.119 e. The molecule has 1 heterocycles. The molecule has 1 unspecified atom stereocenters. The maximum absolute atomic E-state index is 10.6. The molecule has 4 heteroatoms. The first-order chi connectivity index (χ1) is 8.57. The Hall–Kier alpha value is -1.10. The minimum atomic E-state index is -0.801.